The van der Waals surface area contributed by atoms with E-state index in [4.69, 9.17) is 0 Å². The summed E-state index contributed by atoms with van der Waals surface area (Å²) in [5.41, 5.74) is 9.65. The molecular formula is C28H42. The number of rotatable bonds is 3. The first kappa shape index (κ1) is 20.2. The summed E-state index contributed by atoms with van der Waals surface area (Å²) < 4.78 is 0. The van der Waals surface area contributed by atoms with Gasteiger partial charge in [0.25, 0.3) is 0 Å². The van der Waals surface area contributed by atoms with E-state index in [0.29, 0.717) is 0 Å². The van der Waals surface area contributed by atoms with Crippen LogP contribution in [0.15, 0.2) is 45.6 Å². The number of fused-ring (bicyclic) bond motifs is 2. The fraction of sp³-hybridized carbons (Fsp3) is 0.714. The van der Waals surface area contributed by atoms with Crippen LogP contribution in [0, 0.1) is 47.3 Å². The molecule has 4 aliphatic carbocycles. The average Bonchev–Trinajstić information content (AvgIpc) is 3.16. The Balaban J connectivity index is 1.52. The van der Waals surface area contributed by atoms with Crippen LogP contribution in [0.25, 0.3) is 0 Å². The van der Waals surface area contributed by atoms with E-state index >= 15 is 0 Å². The van der Waals surface area contributed by atoms with Gasteiger partial charge < -0.3 is 0 Å². The van der Waals surface area contributed by atoms with E-state index in [1.165, 1.54) is 36.8 Å². The van der Waals surface area contributed by atoms with E-state index in [-0.39, 0.29) is 0 Å². The van der Waals surface area contributed by atoms with E-state index < -0.39 is 0 Å². The molecule has 0 spiro atoms. The Morgan fingerprint density at radius 3 is 2.00 bits per heavy atom. The van der Waals surface area contributed by atoms with Crippen molar-refractivity contribution in [3.8, 4) is 0 Å². The van der Waals surface area contributed by atoms with Gasteiger partial charge in [0.1, 0.15) is 0 Å². The zero-order valence-electron chi connectivity index (χ0n) is 19.6. The lowest BCUT2D eigenvalue weighted by Crippen LogP contribution is -2.25. The van der Waals surface area contributed by atoms with Crippen molar-refractivity contribution in [3.63, 3.8) is 0 Å². The molecule has 2 fully saturated rings. The van der Waals surface area contributed by atoms with Crippen LogP contribution in [-0.4, -0.2) is 0 Å². The first-order valence-electron chi connectivity index (χ1n) is 11.9. The molecule has 0 heteroatoms. The Hall–Kier alpha value is -1.04. The van der Waals surface area contributed by atoms with Gasteiger partial charge in [0.2, 0.25) is 0 Å². The molecule has 0 amide bonds. The molecule has 0 aliphatic heterocycles. The Kier molecular flexibility index (Phi) is 5.30. The quantitative estimate of drug-likeness (QED) is 0.465. The monoisotopic (exact) mass is 378 g/mol. The van der Waals surface area contributed by atoms with Crippen LogP contribution in [0.1, 0.15) is 81.1 Å². The summed E-state index contributed by atoms with van der Waals surface area (Å²) >= 11 is 0. The minimum absolute atomic E-state index is 0.794. The SMILES string of the molecule is CC1=CC2CCC(CCC3C(C)C(C)C4C(C)=C(C)C(C)=C(C)C34)C2C=C1C. The van der Waals surface area contributed by atoms with Crippen LogP contribution in [0.5, 0.6) is 0 Å². The van der Waals surface area contributed by atoms with Gasteiger partial charge >= 0.3 is 0 Å². The van der Waals surface area contributed by atoms with Crippen LogP contribution >= 0.6 is 0 Å². The van der Waals surface area contributed by atoms with Crippen molar-refractivity contribution in [2.45, 2.75) is 81.1 Å². The fourth-order valence-electron chi connectivity index (χ4n) is 7.64. The molecule has 4 rings (SSSR count). The lowest BCUT2D eigenvalue weighted by atomic mass is 9.69. The van der Waals surface area contributed by atoms with Crippen LogP contribution in [0.2, 0.25) is 0 Å². The lowest BCUT2D eigenvalue weighted by molar-refractivity contribution is 0.266. The van der Waals surface area contributed by atoms with Gasteiger partial charge in [-0.15, -0.1) is 0 Å². The van der Waals surface area contributed by atoms with E-state index in [2.05, 4.69) is 67.5 Å². The topological polar surface area (TPSA) is 0 Å². The normalized spacial score (nSPS) is 43.1. The van der Waals surface area contributed by atoms with Gasteiger partial charge in [-0.3, -0.25) is 0 Å². The molecule has 8 atom stereocenters. The smallest absolute Gasteiger partial charge is 0.0101 e. The molecule has 0 heterocycles. The van der Waals surface area contributed by atoms with Gasteiger partial charge in [-0.1, -0.05) is 48.3 Å². The zero-order chi connectivity index (χ0) is 20.3. The molecule has 8 unspecified atom stereocenters. The number of hydrogen-bond donors (Lipinski definition) is 0. The molecule has 0 aromatic carbocycles. The third-order valence-corrected chi connectivity index (χ3v) is 9.97. The second-order valence-electron chi connectivity index (χ2n) is 10.9. The zero-order valence-corrected chi connectivity index (χ0v) is 19.6. The fourth-order valence-corrected chi connectivity index (χ4v) is 7.64. The summed E-state index contributed by atoms with van der Waals surface area (Å²) in [6.07, 6.45) is 11.0. The highest BCUT2D eigenvalue weighted by atomic mass is 14.5. The standard InChI is InChI=1S/C28H42/c1-15-13-24-10-9-23(26(24)14-16(15)2)11-12-25-19(5)22(8)27-20(6)17(3)18(4)21(7)28(25)27/h13-14,19,22-28H,9-12H2,1-8H3. The summed E-state index contributed by atoms with van der Waals surface area (Å²) in [4.78, 5) is 0. The first-order chi connectivity index (χ1) is 13.2. The van der Waals surface area contributed by atoms with Gasteiger partial charge in [0.05, 0.1) is 0 Å². The maximum atomic E-state index is 2.63. The summed E-state index contributed by atoms with van der Waals surface area (Å²) in [5.74, 6) is 6.71. The van der Waals surface area contributed by atoms with Crippen molar-refractivity contribution in [1.82, 2.24) is 0 Å². The molecule has 2 saturated carbocycles. The van der Waals surface area contributed by atoms with Crippen LogP contribution < -0.4 is 0 Å². The van der Waals surface area contributed by atoms with E-state index in [1.54, 1.807) is 22.3 Å². The third-order valence-electron chi connectivity index (χ3n) is 9.97. The average molecular weight is 379 g/mol. The highest BCUT2D eigenvalue weighted by Crippen LogP contribution is 2.57. The van der Waals surface area contributed by atoms with Crippen molar-refractivity contribution in [3.05, 3.63) is 45.6 Å². The summed E-state index contributed by atoms with van der Waals surface area (Å²) in [7, 11) is 0. The highest BCUT2D eigenvalue weighted by molar-refractivity contribution is 5.43. The van der Waals surface area contributed by atoms with Gasteiger partial charge in [-0.2, -0.15) is 0 Å². The van der Waals surface area contributed by atoms with Gasteiger partial charge in [-0.05, 0) is 126 Å². The Bertz CT molecular complexity index is 770. The Morgan fingerprint density at radius 1 is 0.714 bits per heavy atom. The van der Waals surface area contributed by atoms with E-state index in [1.807, 2.05) is 0 Å². The predicted octanol–water partition coefficient (Wildman–Crippen LogP) is 8.14. The Morgan fingerprint density at radius 2 is 1.32 bits per heavy atom. The predicted molar refractivity (Wildman–Crippen MR) is 122 cm³/mol. The number of hydrogen-bond acceptors (Lipinski definition) is 0. The summed E-state index contributed by atoms with van der Waals surface area (Å²) in [6, 6.07) is 0. The molecule has 4 aliphatic rings. The lowest BCUT2D eigenvalue weighted by Gasteiger charge is -2.35. The molecule has 0 aromatic rings. The largest absolute Gasteiger partial charge is 0.0776 e. The summed E-state index contributed by atoms with van der Waals surface area (Å²) in [6.45, 7) is 19.3. The van der Waals surface area contributed by atoms with Crippen molar-refractivity contribution in [2.75, 3.05) is 0 Å². The van der Waals surface area contributed by atoms with Crippen molar-refractivity contribution >= 4 is 0 Å². The van der Waals surface area contributed by atoms with Crippen LogP contribution in [0.3, 0.4) is 0 Å². The molecule has 0 nitrogen and oxygen atoms in total. The molecule has 28 heavy (non-hydrogen) atoms. The van der Waals surface area contributed by atoms with E-state index in [0.717, 1.165) is 47.3 Å². The van der Waals surface area contributed by atoms with Crippen molar-refractivity contribution in [1.29, 1.82) is 0 Å². The van der Waals surface area contributed by atoms with Gasteiger partial charge in [0.15, 0.2) is 0 Å². The molecule has 154 valence electrons. The van der Waals surface area contributed by atoms with Gasteiger partial charge in [0, 0.05) is 0 Å². The molecular weight excluding hydrogens is 336 g/mol. The third kappa shape index (κ3) is 3.01. The first-order valence-corrected chi connectivity index (χ1v) is 11.9. The summed E-state index contributed by atoms with van der Waals surface area (Å²) in [5, 5.41) is 0. The minimum atomic E-state index is 0.794. The molecule has 0 saturated heterocycles. The maximum absolute atomic E-state index is 2.63. The van der Waals surface area contributed by atoms with E-state index in [9.17, 15) is 0 Å². The molecule has 0 bridgehead atoms. The van der Waals surface area contributed by atoms with Gasteiger partial charge in [-0.25, -0.2) is 0 Å². The number of allylic oxidation sites excluding steroid dienone is 8. The minimum Gasteiger partial charge on any atom is -0.0776 e. The van der Waals surface area contributed by atoms with Crippen molar-refractivity contribution in [2.24, 2.45) is 47.3 Å². The molecule has 0 radical (unpaired) electrons. The second kappa shape index (κ2) is 7.33. The maximum Gasteiger partial charge on any atom is -0.0101 e. The molecule has 0 aromatic heterocycles. The Labute approximate surface area is 174 Å². The second-order valence-corrected chi connectivity index (χ2v) is 10.9. The molecule has 0 N–H and O–H groups in total. The van der Waals surface area contributed by atoms with Crippen molar-refractivity contribution < 1.29 is 0 Å². The van der Waals surface area contributed by atoms with Crippen LogP contribution in [0.4, 0.5) is 0 Å². The van der Waals surface area contributed by atoms with Crippen LogP contribution in [-0.2, 0) is 0 Å². The highest BCUT2D eigenvalue weighted by Gasteiger charge is 2.49.